The minimum atomic E-state index is -0.689. The molecule has 1 aromatic carbocycles. The summed E-state index contributed by atoms with van der Waals surface area (Å²) >= 11 is 0. The van der Waals surface area contributed by atoms with Gasteiger partial charge in [-0.1, -0.05) is 37.3 Å². The van der Waals surface area contributed by atoms with E-state index < -0.39 is 5.97 Å². The molecular weight excluding hydrogens is 252 g/mol. The topological polar surface area (TPSA) is 66.6 Å². The Morgan fingerprint density at radius 3 is 2.70 bits per heavy atom. The fourth-order valence-electron chi connectivity index (χ4n) is 3.16. The highest BCUT2D eigenvalue weighted by molar-refractivity contribution is 5.70. The predicted molar refractivity (Wildman–Crippen MR) is 79.3 cm³/mol. The lowest BCUT2D eigenvalue weighted by Crippen LogP contribution is -2.52. The maximum absolute atomic E-state index is 11.5. The Hall–Kier alpha value is -1.39. The van der Waals surface area contributed by atoms with Crippen LogP contribution in [0.4, 0.5) is 0 Å². The Labute approximate surface area is 120 Å². The molecule has 3 atom stereocenters. The molecule has 3 unspecified atom stereocenters. The van der Waals surface area contributed by atoms with Gasteiger partial charge in [-0.05, 0) is 24.8 Å². The van der Waals surface area contributed by atoms with Crippen LogP contribution in [0.15, 0.2) is 30.3 Å². The molecule has 1 aliphatic rings. The zero-order valence-corrected chi connectivity index (χ0v) is 12.0. The first kappa shape index (κ1) is 15.0. The minimum Gasteiger partial charge on any atom is -0.481 e. The predicted octanol–water partition coefficient (Wildman–Crippen LogP) is 2.09. The number of carbonyl (C=O) groups is 1. The average Bonchev–Trinajstić information content (AvgIpc) is 2.43. The van der Waals surface area contributed by atoms with Gasteiger partial charge in [-0.15, -0.1) is 0 Å². The van der Waals surface area contributed by atoms with Crippen molar-refractivity contribution in [3.63, 3.8) is 0 Å². The van der Waals surface area contributed by atoms with Crippen molar-refractivity contribution >= 4 is 5.97 Å². The van der Waals surface area contributed by atoms with Crippen LogP contribution in [0.25, 0.3) is 0 Å². The van der Waals surface area contributed by atoms with E-state index in [1.165, 1.54) is 5.56 Å². The van der Waals surface area contributed by atoms with Crippen molar-refractivity contribution in [3.8, 4) is 0 Å². The summed E-state index contributed by atoms with van der Waals surface area (Å²) in [4.78, 5) is 13.7. The van der Waals surface area contributed by atoms with Crippen LogP contribution in [0, 0.1) is 5.92 Å². The second-order valence-electron chi connectivity index (χ2n) is 5.67. The Morgan fingerprint density at radius 2 is 2.10 bits per heavy atom. The van der Waals surface area contributed by atoms with Crippen molar-refractivity contribution in [2.45, 2.75) is 44.8 Å². The molecule has 0 aliphatic carbocycles. The molecule has 0 radical (unpaired) electrons. The van der Waals surface area contributed by atoms with Gasteiger partial charge in [0, 0.05) is 25.2 Å². The number of likely N-dealkylation sites (tertiary alicyclic amines) is 1. The molecule has 2 rings (SSSR count). The third kappa shape index (κ3) is 3.58. The molecule has 1 heterocycles. The number of nitrogens with two attached hydrogens (primary N) is 1. The summed E-state index contributed by atoms with van der Waals surface area (Å²) in [6, 6.07) is 10.4. The van der Waals surface area contributed by atoms with Crippen LogP contribution in [0.5, 0.6) is 0 Å². The molecule has 0 aromatic heterocycles. The molecular formula is C16H24N2O2. The molecule has 0 saturated carbocycles. The average molecular weight is 276 g/mol. The Morgan fingerprint density at radius 1 is 1.40 bits per heavy atom. The van der Waals surface area contributed by atoms with Gasteiger partial charge in [0.15, 0.2) is 0 Å². The molecule has 0 spiro atoms. The summed E-state index contributed by atoms with van der Waals surface area (Å²) in [7, 11) is 0. The number of aliphatic carboxylic acids is 1. The number of rotatable bonds is 5. The van der Waals surface area contributed by atoms with Crippen LogP contribution in [-0.2, 0) is 11.3 Å². The van der Waals surface area contributed by atoms with Gasteiger partial charge >= 0.3 is 5.97 Å². The fourth-order valence-corrected chi connectivity index (χ4v) is 3.16. The van der Waals surface area contributed by atoms with Crippen LogP contribution < -0.4 is 5.73 Å². The SMILES string of the molecule is CCC(C(=O)O)C1CCC(N)CN1Cc1ccccc1. The van der Waals surface area contributed by atoms with E-state index in [1.54, 1.807) is 0 Å². The molecule has 1 fully saturated rings. The van der Waals surface area contributed by atoms with E-state index in [2.05, 4.69) is 17.0 Å². The van der Waals surface area contributed by atoms with E-state index in [9.17, 15) is 9.90 Å². The highest BCUT2D eigenvalue weighted by Gasteiger charge is 2.35. The molecule has 0 amide bonds. The third-order valence-corrected chi connectivity index (χ3v) is 4.22. The second kappa shape index (κ2) is 6.86. The molecule has 3 N–H and O–H groups in total. The molecule has 20 heavy (non-hydrogen) atoms. The van der Waals surface area contributed by atoms with Gasteiger partial charge in [0.25, 0.3) is 0 Å². The number of hydrogen-bond donors (Lipinski definition) is 2. The summed E-state index contributed by atoms with van der Waals surface area (Å²) in [5, 5.41) is 9.42. The normalized spacial score (nSPS) is 25.3. The molecule has 1 aromatic rings. The number of hydrogen-bond acceptors (Lipinski definition) is 3. The van der Waals surface area contributed by atoms with Crippen LogP contribution >= 0.6 is 0 Å². The molecule has 4 nitrogen and oxygen atoms in total. The van der Waals surface area contributed by atoms with E-state index in [4.69, 9.17) is 5.73 Å². The van der Waals surface area contributed by atoms with Crippen LogP contribution in [0.1, 0.15) is 31.7 Å². The minimum absolute atomic E-state index is 0.0949. The third-order valence-electron chi connectivity index (χ3n) is 4.22. The lowest BCUT2D eigenvalue weighted by Gasteiger charge is -2.41. The maximum atomic E-state index is 11.5. The largest absolute Gasteiger partial charge is 0.481 e. The van der Waals surface area contributed by atoms with Gasteiger partial charge in [0.1, 0.15) is 0 Å². The van der Waals surface area contributed by atoms with Crippen molar-refractivity contribution in [3.05, 3.63) is 35.9 Å². The fraction of sp³-hybridized carbons (Fsp3) is 0.562. The van der Waals surface area contributed by atoms with Crippen LogP contribution in [-0.4, -0.2) is 34.6 Å². The van der Waals surface area contributed by atoms with Crippen molar-refractivity contribution in [2.24, 2.45) is 11.7 Å². The highest BCUT2D eigenvalue weighted by atomic mass is 16.4. The van der Waals surface area contributed by atoms with E-state index in [0.717, 1.165) is 25.9 Å². The van der Waals surface area contributed by atoms with Crippen LogP contribution in [0.3, 0.4) is 0 Å². The quantitative estimate of drug-likeness (QED) is 0.864. The first-order chi connectivity index (χ1) is 9.61. The van der Waals surface area contributed by atoms with Crippen LogP contribution in [0.2, 0.25) is 0 Å². The molecule has 1 saturated heterocycles. The van der Waals surface area contributed by atoms with Crippen molar-refractivity contribution < 1.29 is 9.90 Å². The number of nitrogens with zero attached hydrogens (tertiary/aromatic N) is 1. The molecule has 4 heteroatoms. The zero-order valence-electron chi connectivity index (χ0n) is 12.0. The van der Waals surface area contributed by atoms with Crippen molar-refractivity contribution in [2.75, 3.05) is 6.54 Å². The summed E-state index contributed by atoms with van der Waals surface area (Å²) in [5.41, 5.74) is 7.28. The Bertz CT molecular complexity index is 435. The lowest BCUT2D eigenvalue weighted by atomic mass is 9.86. The van der Waals surface area contributed by atoms with Crippen molar-refractivity contribution in [1.82, 2.24) is 4.90 Å². The molecule has 1 aliphatic heterocycles. The molecule has 0 bridgehead atoms. The van der Waals surface area contributed by atoms with E-state index in [-0.39, 0.29) is 18.0 Å². The highest BCUT2D eigenvalue weighted by Crippen LogP contribution is 2.27. The smallest absolute Gasteiger partial charge is 0.308 e. The van der Waals surface area contributed by atoms with E-state index in [1.807, 2.05) is 25.1 Å². The zero-order chi connectivity index (χ0) is 14.5. The summed E-state index contributed by atoms with van der Waals surface area (Å²) in [6.45, 7) is 3.51. The van der Waals surface area contributed by atoms with Gasteiger partial charge in [0.2, 0.25) is 0 Å². The maximum Gasteiger partial charge on any atom is 0.308 e. The monoisotopic (exact) mass is 276 g/mol. The van der Waals surface area contributed by atoms with Gasteiger partial charge in [-0.2, -0.15) is 0 Å². The number of carboxylic acids is 1. The number of benzene rings is 1. The molecule has 110 valence electrons. The standard InChI is InChI=1S/C16H24N2O2/c1-2-14(16(19)20)15-9-8-13(17)11-18(15)10-12-6-4-3-5-7-12/h3-7,13-15H,2,8-11,17H2,1H3,(H,19,20). The number of piperidine rings is 1. The summed E-state index contributed by atoms with van der Waals surface area (Å²) in [5.74, 6) is -0.989. The van der Waals surface area contributed by atoms with Gasteiger partial charge in [-0.3, -0.25) is 9.69 Å². The van der Waals surface area contributed by atoms with E-state index >= 15 is 0 Å². The van der Waals surface area contributed by atoms with Gasteiger partial charge in [-0.25, -0.2) is 0 Å². The summed E-state index contributed by atoms with van der Waals surface area (Å²) in [6.07, 6.45) is 2.46. The first-order valence-electron chi connectivity index (χ1n) is 7.38. The summed E-state index contributed by atoms with van der Waals surface area (Å²) < 4.78 is 0. The lowest BCUT2D eigenvalue weighted by molar-refractivity contribution is -0.145. The Balaban J connectivity index is 2.14. The number of carboxylic acid groups (broad SMARTS) is 1. The van der Waals surface area contributed by atoms with Crippen molar-refractivity contribution in [1.29, 1.82) is 0 Å². The Kier molecular flexibility index (Phi) is 5.15. The first-order valence-corrected chi connectivity index (χ1v) is 7.38. The van der Waals surface area contributed by atoms with Gasteiger partial charge in [0.05, 0.1) is 5.92 Å². The second-order valence-corrected chi connectivity index (χ2v) is 5.67. The van der Waals surface area contributed by atoms with E-state index in [0.29, 0.717) is 6.42 Å². The van der Waals surface area contributed by atoms with Gasteiger partial charge < -0.3 is 10.8 Å².